The number of carbonyl (C=O) groups is 1. The van der Waals surface area contributed by atoms with Gasteiger partial charge in [0.2, 0.25) is 0 Å². The van der Waals surface area contributed by atoms with Crippen LogP contribution in [0.1, 0.15) is 10.4 Å². The van der Waals surface area contributed by atoms with Crippen LogP contribution in [0, 0.1) is 5.82 Å². The van der Waals surface area contributed by atoms with E-state index in [1.165, 1.54) is 0 Å². The molecule has 0 bridgehead atoms. The molecule has 0 aliphatic rings. The van der Waals surface area contributed by atoms with Crippen LogP contribution in [0.4, 0.5) is 17.6 Å². The van der Waals surface area contributed by atoms with Crippen molar-refractivity contribution in [2.24, 2.45) is 0 Å². The second-order valence-corrected chi connectivity index (χ2v) is 2.82. The van der Waals surface area contributed by atoms with Crippen molar-refractivity contribution in [3.8, 4) is 5.75 Å². The molecule has 88 valence electrons. The number of hydrogen-bond acceptors (Lipinski definition) is 2. The molecule has 0 atom stereocenters. The third-order valence-corrected chi connectivity index (χ3v) is 1.59. The lowest BCUT2D eigenvalue weighted by molar-refractivity contribution is -0.187. The molecule has 7 heteroatoms. The van der Waals surface area contributed by atoms with Crippen LogP contribution in [0.25, 0.3) is 0 Å². The van der Waals surface area contributed by atoms with Crippen molar-refractivity contribution in [1.29, 1.82) is 0 Å². The van der Waals surface area contributed by atoms with Crippen LogP contribution in [0.15, 0.2) is 18.2 Å². The molecule has 0 saturated heterocycles. The molecule has 0 saturated carbocycles. The monoisotopic (exact) mass is 238 g/mol. The number of alkyl halides is 3. The smallest absolute Gasteiger partial charge is 0.427 e. The molecular weight excluding hydrogens is 232 g/mol. The van der Waals surface area contributed by atoms with E-state index in [-0.39, 0.29) is 0 Å². The Hall–Kier alpha value is -1.79. The summed E-state index contributed by atoms with van der Waals surface area (Å²) in [6.45, 7) is -2.10. The van der Waals surface area contributed by atoms with Crippen LogP contribution < -0.4 is 4.74 Å². The van der Waals surface area contributed by atoms with Crippen LogP contribution in [-0.2, 0) is 0 Å². The van der Waals surface area contributed by atoms with Crippen LogP contribution in [-0.4, -0.2) is 23.9 Å². The average molecular weight is 238 g/mol. The predicted octanol–water partition coefficient (Wildman–Crippen LogP) is 2.47. The summed E-state index contributed by atoms with van der Waals surface area (Å²) in [7, 11) is 0. The molecule has 0 heterocycles. The van der Waals surface area contributed by atoms with Crippen molar-refractivity contribution in [2.45, 2.75) is 6.11 Å². The van der Waals surface area contributed by atoms with Gasteiger partial charge in [-0.05, 0) is 18.2 Å². The van der Waals surface area contributed by atoms with Gasteiger partial charge in [-0.15, -0.1) is 0 Å². The Labute approximate surface area is 87.3 Å². The second-order valence-electron chi connectivity index (χ2n) is 2.82. The Morgan fingerprint density at radius 1 is 1.44 bits per heavy atom. The Balaban J connectivity index is 2.96. The lowest BCUT2D eigenvalue weighted by Gasteiger charge is -2.14. The molecule has 0 amide bonds. The molecule has 1 rings (SSSR count). The van der Waals surface area contributed by atoms with E-state index in [1.807, 2.05) is 0 Å². The van der Waals surface area contributed by atoms with Crippen molar-refractivity contribution in [3.05, 3.63) is 29.6 Å². The van der Waals surface area contributed by atoms with Gasteiger partial charge in [0.15, 0.2) is 18.2 Å². The number of carboxylic acids is 1. The zero-order chi connectivity index (χ0) is 12.3. The SMILES string of the molecule is O=C(O)c1ccc(OC(F)(F)CF)c(F)c1. The Bertz CT molecular complexity index is 406. The number of hydrogen-bond donors (Lipinski definition) is 1. The fraction of sp³-hybridized carbons (Fsp3) is 0.222. The quantitative estimate of drug-likeness (QED) is 0.819. The molecule has 16 heavy (non-hydrogen) atoms. The van der Waals surface area contributed by atoms with Gasteiger partial charge in [-0.3, -0.25) is 0 Å². The first-order valence-electron chi connectivity index (χ1n) is 4.01. The van der Waals surface area contributed by atoms with E-state index in [9.17, 15) is 22.4 Å². The molecule has 0 spiro atoms. The van der Waals surface area contributed by atoms with Crippen molar-refractivity contribution >= 4 is 5.97 Å². The highest BCUT2D eigenvalue weighted by atomic mass is 19.3. The van der Waals surface area contributed by atoms with Gasteiger partial charge in [0.05, 0.1) is 5.56 Å². The summed E-state index contributed by atoms with van der Waals surface area (Å²) in [5, 5.41) is 8.46. The Morgan fingerprint density at radius 2 is 2.06 bits per heavy atom. The minimum atomic E-state index is -4.13. The zero-order valence-electron chi connectivity index (χ0n) is 7.71. The summed E-state index contributed by atoms with van der Waals surface area (Å²) in [5.41, 5.74) is -0.423. The molecule has 0 aliphatic heterocycles. The highest BCUT2D eigenvalue weighted by molar-refractivity contribution is 5.87. The molecule has 1 aromatic rings. The van der Waals surface area contributed by atoms with Gasteiger partial charge in [-0.1, -0.05) is 0 Å². The number of halogens is 4. The van der Waals surface area contributed by atoms with Crippen molar-refractivity contribution in [1.82, 2.24) is 0 Å². The maximum atomic E-state index is 13.0. The largest absolute Gasteiger partial charge is 0.478 e. The summed E-state index contributed by atoms with van der Waals surface area (Å²) < 4.78 is 53.3. The molecule has 1 N–H and O–H groups in total. The van der Waals surface area contributed by atoms with E-state index in [2.05, 4.69) is 4.74 Å². The maximum absolute atomic E-state index is 13.0. The van der Waals surface area contributed by atoms with Gasteiger partial charge in [0.1, 0.15) is 0 Å². The van der Waals surface area contributed by atoms with Crippen LogP contribution in [0.5, 0.6) is 5.75 Å². The molecule has 0 radical (unpaired) electrons. The van der Waals surface area contributed by atoms with E-state index in [1.54, 1.807) is 0 Å². The van der Waals surface area contributed by atoms with Crippen LogP contribution in [0.2, 0.25) is 0 Å². The van der Waals surface area contributed by atoms with E-state index < -0.39 is 35.9 Å². The highest BCUT2D eigenvalue weighted by Crippen LogP contribution is 2.25. The molecular formula is C9H6F4O3. The van der Waals surface area contributed by atoms with Crippen molar-refractivity contribution < 1.29 is 32.2 Å². The predicted molar refractivity (Wildman–Crippen MR) is 44.9 cm³/mol. The standard InChI is InChI=1S/C9H6F4O3/c10-4-9(12,13)16-7-2-1-5(8(14)15)3-6(7)11/h1-3H,4H2,(H,14,15). The summed E-state index contributed by atoms with van der Waals surface area (Å²) in [6.07, 6.45) is -4.13. The van der Waals surface area contributed by atoms with E-state index in [4.69, 9.17) is 5.11 Å². The molecule has 0 unspecified atom stereocenters. The minimum absolute atomic E-state index is 0.423. The lowest BCUT2D eigenvalue weighted by Crippen LogP contribution is -2.27. The van der Waals surface area contributed by atoms with Gasteiger partial charge >= 0.3 is 12.1 Å². The van der Waals surface area contributed by atoms with Gasteiger partial charge in [0, 0.05) is 0 Å². The fourth-order valence-corrected chi connectivity index (χ4v) is 0.905. The number of aromatic carboxylic acids is 1. The Kier molecular flexibility index (Phi) is 3.36. The minimum Gasteiger partial charge on any atom is -0.478 e. The van der Waals surface area contributed by atoms with Crippen LogP contribution in [0.3, 0.4) is 0 Å². The van der Waals surface area contributed by atoms with Crippen molar-refractivity contribution in [2.75, 3.05) is 6.67 Å². The third kappa shape index (κ3) is 2.85. The average Bonchev–Trinajstić information content (AvgIpc) is 2.20. The number of rotatable bonds is 4. The molecule has 0 fully saturated rings. The Morgan fingerprint density at radius 3 is 2.50 bits per heavy atom. The topological polar surface area (TPSA) is 46.5 Å². The molecule has 0 aliphatic carbocycles. The van der Waals surface area contributed by atoms with Crippen LogP contribution >= 0.6 is 0 Å². The van der Waals surface area contributed by atoms with E-state index >= 15 is 0 Å². The summed E-state index contributed by atoms with van der Waals surface area (Å²) in [6, 6.07) is 2.07. The zero-order valence-corrected chi connectivity index (χ0v) is 7.71. The molecule has 3 nitrogen and oxygen atoms in total. The third-order valence-electron chi connectivity index (χ3n) is 1.59. The first kappa shape index (κ1) is 12.3. The van der Waals surface area contributed by atoms with Gasteiger partial charge < -0.3 is 9.84 Å². The first-order chi connectivity index (χ1) is 7.35. The molecule has 1 aromatic carbocycles. The van der Waals surface area contributed by atoms with Gasteiger partial charge in [-0.25, -0.2) is 13.6 Å². The first-order valence-corrected chi connectivity index (χ1v) is 4.01. The summed E-state index contributed by atoms with van der Waals surface area (Å²) >= 11 is 0. The van der Waals surface area contributed by atoms with Gasteiger partial charge in [-0.2, -0.15) is 8.78 Å². The molecule has 0 aromatic heterocycles. The second kappa shape index (κ2) is 4.38. The number of carboxylic acid groups (broad SMARTS) is 1. The maximum Gasteiger partial charge on any atom is 0.427 e. The highest BCUT2D eigenvalue weighted by Gasteiger charge is 2.32. The lowest BCUT2D eigenvalue weighted by atomic mass is 10.2. The normalized spacial score (nSPS) is 11.2. The number of benzene rings is 1. The summed E-state index contributed by atoms with van der Waals surface area (Å²) in [5.74, 6) is -3.62. The van der Waals surface area contributed by atoms with E-state index in [0.717, 1.165) is 6.07 Å². The van der Waals surface area contributed by atoms with Crippen molar-refractivity contribution in [3.63, 3.8) is 0 Å². The van der Waals surface area contributed by atoms with E-state index in [0.29, 0.717) is 12.1 Å². The van der Waals surface area contributed by atoms with Gasteiger partial charge in [0.25, 0.3) is 0 Å². The summed E-state index contributed by atoms with van der Waals surface area (Å²) in [4.78, 5) is 10.4. The fourth-order valence-electron chi connectivity index (χ4n) is 0.905. The number of ether oxygens (including phenoxy) is 1.